The van der Waals surface area contributed by atoms with Crippen LogP contribution in [0, 0.1) is 0 Å². The molecule has 1 heterocycles. The van der Waals surface area contributed by atoms with Crippen LogP contribution >= 0.6 is 11.3 Å². The first-order valence-electron chi connectivity index (χ1n) is 5.13. The van der Waals surface area contributed by atoms with Crippen molar-refractivity contribution in [1.29, 1.82) is 0 Å². The number of ether oxygens (including phenoxy) is 1. The number of rotatable bonds is 3. The maximum absolute atomic E-state index is 11.1. The zero-order chi connectivity index (χ0) is 12.3. The van der Waals surface area contributed by atoms with Gasteiger partial charge in [0.05, 0.1) is 30.3 Å². The van der Waals surface area contributed by atoms with Crippen LogP contribution in [0.5, 0.6) is 0 Å². The fourth-order valence-electron chi connectivity index (χ4n) is 1.17. The summed E-state index contributed by atoms with van der Waals surface area (Å²) in [5.74, 6) is -0.308. The zero-order valence-electron chi connectivity index (χ0n) is 10.1. The minimum atomic E-state index is -0.375. The number of nitrogens with zero attached hydrogens (tertiary/aromatic N) is 1. The molecule has 0 radical (unpaired) electrons. The molecule has 1 atom stereocenters. The van der Waals surface area contributed by atoms with E-state index in [1.54, 1.807) is 11.3 Å². The minimum absolute atomic E-state index is 0.0217. The van der Waals surface area contributed by atoms with E-state index >= 15 is 0 Å². The van der Waals surface area contributed by atoms with Crippen molar-refractivity contribution >= 4 is 17.3 Å². The Hall–Kier alpha value is -0.940. The van der Waals surface area contributed by atoms with Crippen molar-refractivity contribution in [3.63, 3.8) is 0 Å². The third kappa shape index (κ3) is 3.28. The normalized spacial score (nSPS) is 13.6. The summed E-state index contributed by atoms with van der Waals surface area (Å²) < 4.78 is 4.57. The first-order chi connectivity index (χ1) is 7.34. The summed E-state index contributed by atoms with van der Waals surface area (Å²) in [6, 6.07) is -0.375. The Morgan fingerprint density at radius 1 is 1.62 bits per heavy atom. The number of nitrogens with two attached hydrogens (primary N) is 1. The lowest BCUT2D eigenvalue weighted by atomic mass is 9.98. The first-order valence-corrected chi connectivity index (χ1v) is 6.01. The van der Waals surface area contributed by atoms with Crippen molar-refractivity contribution in [2.45, 2.75) is 38.6 Å². The molecule has 0 aromatic carbocycles. The second kappa shape index (κ2) is 4.93. The van der Waals surface area contributed by atoms with Crippen LogP contribution < -0.4 is 5.73 Å². The van der Waals surface area contributed by atoms with E-state index in [4.69, 9.17) is 5.73 Å². The molecular formula is C11H18N2O2S. The number of esters is 1. The molecule has 0 saturated heterocycles. The minimum Gasteiger partial charge on any atom is -0.469 e. The van der Waals surface area contributed by atoms with Crippen LogP contribution in [0.25, 0.3) is 0 Å². The topological polar surface area (TPSA) is 65.2 Å². The maximum atomic E-state index is 11.1. The summed E-state index contributed by atoms with van der Waals surface area (Å²) >= 11 is 1.58. The van der Waals surface area contributed by atoms with Crippen molar-refractivity contribution in [3.8, 4) is 0 Å². The van der Waals surface area contributed by atoms with Gasteiger partial charge >= 0.3 is 5.97 Å². The van der Waals surface area contributed by atoms with Gasteiger partial charge < -0.3 is 10.5 Å². The summed E-state index contributed by atoms with van der Waals surface area (Å²) in [6.07, 6.45) is 0.170. The number of carbonyl (C=O) groups is 1. The average Bonchev–Trinajstić information content (AvgIpc) is 2.65. The highest BCUT2D eigenvalue weighted by molar-refractivity contribution is 7.09. The van der Waals surface area contributed by atoms with Crippen molar-refractivity contribution in [3.05, 3.63) is 16.1 Å². The quantitative estimate of drug-likeness (QED) is 0.823. The molecule has 16 heavy (non-hydrogen) atoms. The molecule has 1 aromatic heterocycles. The summed E-state index contributed by atoms with van der Waals surface area (Å²) in [6.45, 7) is 6.30. The largest absolute Gasteiger partial charge is 0.469 e. The van der Waals surface area contributed by atoms with Gasteiger partial charge in [-0.05, 0) is 0 Å². The molecule has 0 saturated carbocycles. The Kier molecular flexibility index (Phi) is 4.04. The summed E-state index contributed by atoms with van der Waals surface area (Å²) in [4.78, 5) is 15.5. The zero-order valence-corrected chi connectivity index (χ0v) is 10.9. The highest BCUT2D eigenvalue weighted by Crippen LogP contribution is 2.27. The van der Waals surface area contributed by atoms with Crippen molar-refractivity contribution in [2.75, 3.05) is 7.11 Å². The Morgan fingerprint density at radius 2 is 2.25 bits per heavy atom. The second-order valence-electron chi connectivity index (χ2n) is 4.71. The first kappa shape index (κ1) is 13.1. The maximum Gasteiger partial charge on any atom is 0.307 e. The molecule has 5 heteroatoms. The number of hydrogen-bond donors (Lipinski definition) is 1. The van der Waals surface area contributed by atoms with E-state index in [0.717, 1.165) is 10.7 Å². The lowest BCUT2D eigenvalue weighted by molar-refractivity contribution is -0.141. The molecule has 2 N–H and O–H groups in total. The standard InChI is InChI=1S/C11H18N2O2S/c1-11(2,3)10-13-8(6-16-10)7(12)5-9(14)15-4/h6-7H,5,12H2,1-4H3/t7-/m0/s1. The lowest BCUT2D eigenvalue weighted by Crippen LogP contribution is -2.17. The van der Waals surface area contributed by atoms with E-state index in [2.05, 4.69) is 30.5 Å². The van der Waals surface area contributed by atoms with Crippen LogP contribution in [0.1, 0.15) is 43.9 Å². The van der Waals surface area contributed by atoms with Crippen molar-refractivity contribution < 1.29 is 9.53 Å². The van der Waals surface area contributed by atoms with Crippen LogP contribution in [0.2, 0.25) is 0 Å². The Bertz CT molecular complexity index is 368. The van der Waals surface area contributed by atoms with Gasteiger partial charge in [-0.2, -0.15) is 0 Å². The SMILES string of the molecule is COC(=O)C[C@H](N)c1csc(C(C)(C)C)n1. The van der Waals surface area contributed by atoms with E-state index in [1.165, 1.54) is 7.11 Å². The predicted molar refractivity (Wildman–Crippen MR) is 64.4 cm³/mol. The van der Waals surface area contributed by atoms with Gasteiger partial charge in [-0.1, -0.05) is 20.8 Å². The van der Waals surface area contributed by atoms with Gasteiger partial charge in [0.1, 0.15) is 0 Å². The van der Waals surface area contributed by atoms with E-state index in [0.29, 0.717) is 0 Å². The van der Waals surface area contributed by atoms with Gasteiger partial charge in [0.15, 0.2) is 0 Å². The van der Waals surface area contributed by atoms with Gasteiger partial charge in [0, 0.05) is 10.8 Å². The third-order valence-electron chi connectivity index (χ3n) is 2.16. The van der Waals surface area contributed by atoms with E-state index in [9.17, 15) is 4.79 Å². The van der Waals surface area contributed by atoms with Gasteiger partial charge in [0.2, 0.25) is 0 Å². The lowest BCUT2D eigenvalue weighted by Gasteiger charge is -2.14. The van der Waals surface area contributed by atoms with Crippen molar-refractivity contribution in [2.24, 2.45) is 5.73 Å². The highest BCUT2D eigenvalue weighted by Gasteiger charge is 2.21. The van der Waals surface area contributed by atoms with Crippen LogP contribution in [0.3, 0.4) is 0 Å². The number of methoxy groups -OCH3 is 1. The van der Waals surface area contributed by atoms with Gasteiger partial charge in [-0.3, -0.25) is 4.79 Å². The summed E-state index contributed by atoms with van der Waals surface area (Å²) in [5.41, 5.74) is 6.66. The summed E-state index contributed by atoms with van der Waals surface area (Å²) in [7, 11) is 1.36. The molecule has 0 spiro atoms. The molecule has 0 fully saturated rings. The molecule has 4 nitrogen and oxygen atoms in total. The van der Waals surface area contributed by atoms with Gasteiger partial charge in [-0.15, -0.1) is 11.3 Å². The van der Waals surface area contributed by atoms with Gasteiger partial charge in [0.25, 0.3) is 0 Å². The highest BCUT2D eigenvalue weighted by atomic mass is 32.1. The summed E-state index contributed by atoms with van der Waals surface area (Å²) in [5, 5.41) is 2.94. The number of carbonyl (C=O) groups excluding carboxylic acids is 1. The molecule has 0 aliphatic heterocycles. The fraction of sp³-hybridized carbons (Fsp3) is 0.636. The average molecular weight is 242 g/mol. The van der Waals surface area contributed by atoms with Crippen molar-refractivity contribution in [1.82, 2.24) is 4.98 Å². The molecule has 0 bridgehead atoms. The van der Waals surface area contributed by atoms with Crippen LogP contribution in [0.4, 0.5) is 0 Å². The van der Waals surface area contributed by atoms with Crippen LogP contribution in [-0.4, -0.2) is 18.1 Å². The Morgan fingerprint density at radius 3 is 2.69 bits per heavy atom. The molecule has 90 valence electrons. The number of thiazole rings is 1. The smallest absolute Gasteiger partial charge is 0.307 e. The number of aromatic nitrogens is 1. The molecular weight excluding hydrogens is 224 g/mol. The third-order valence-corrected chi connectivity index (χ3v) is 3.44. The number of hydrogen-bond acceptors (Lipinski definition) is 5. The Labute approximate surface area is 99.8 Å². The molecule has 0 aliphatic rings. The molecule has 0 unspecified atom stereocenters. The van der Waals surface area contributed by atoms with Crippen LogP contribution in [-0.2, 0) is 14.9 Å². The molecule has 1 rings (SSSR count). The molecule has 0 aliphatic carbocycles. The fourth-order valence-corrected chi connectivity index (χ4v) is 2.14. The molecule has 1 aromatic rings. The van der Waals surface area contributed by atoms with Crippen LogP contribution in [0.15, 0.2) is 5.38 Å². The van der Waals surface area contributed by atoms with E-state index < -0.39 is 0 Å². The molecule has 0 amide bonds. The van der Waals surface area contributed by atoms with Gasteiger partial charge in [-0.25, -0.2) is 4.98 Å². The second-order valence-corrected chi connectivity index (χ2v) is 5.57. The predicted octanol–water partition coefficient (Wildman–Crippen LogP) is 2.00. The monoisotopic (exact) mass is 242 g/mol. The van der Waals surface area contributed by atoms with E-state index in [-0.39, 0.29) is 23.8 Å². The van der Waals surface area contributed by atoms with E-state index in [1.807, 2.05) is 5.38 Å². The Balaban J connectivity index is 2.74.